The number of carbonyl (C=O) groups excluding carboxylic acids is 2. The maximum atomic E-state index is 13.3. The number of ketones is 1. The van der Waals surface area contributed by atoms with Gasteiger partial charge in [0.15, 0.2) is 0 Å². The second-order valence-corrected chi connectivity index (χ2v) is 9.47. The van der Waals surface area contributed by atoms with E-state index in [0.29, 0.717) is 18.4 Å². The number of carbonyl (C=O) groups is 2. The normalized spacial score (nSPS) is 35.7. The molecule has 1 aliphatic heterocycles. The molecule has 1 heterocycles. The third-order valence-electron chi connectivity index (χ3n) is 8.03. The van der Waals surface area contributed by atoms with Gasteiger partial charge in [-0.05, 0) is 55.8 Å². The molecule has 2 unspecified atom stereocenters. The summed E-state index contributed by atoms with van der Waals surface area (Å²) >= 11 is 0. The van der Waals surface area contributed by atoms with Gasteiger partial charge < -0.3 is 9.64 Å². The van der Waals surface area contributed by atoms with Crippen LogP contribution < -0.4 is 0 Å². The van der Waals surface area contributed by atoms with Crippen LogP contribution in [0.3, 0.4) is 0 Å². The maximum absolute atomic E-state index is 13.3. The molecular weight excluding hydrogens is 314 g/mol. The highest BCUT2D eigenvalue weighted by molar-refractivity contribution is 6.09. The summed E-state index contributed by atoms with van der Waals surface area (Å²) in [6, 6.07) is 0. The molecule has 0 radical (unpaired) electrons. The van der Waals surface area contributed by atoms with Gasteiger partial charge in [-0.25, -0.2) is 0 Å². The monoisotopic (exact) mass is 347 g/mol. The van der Waals surface area contributed by atoms with Crippen molar-refractivity contribution in [3.8, 4) is 0 Å². The Kier molecular flexibility index (Phi) is 4.46. The predicted molar refractivity (Wildman–Crippen MR) is 96.1 cm³/mol. The molecule has 4 aliphatic rings. The summed E-state index contributed by atoms with van der Waals surface area (Å²) < 4.78 is 6.14. The largest absolute Gasteiger partial charge is 0.378 e. The van der Waals surface area contributed by atoms with Crippen LogP contribution >= 0.6 is 0 Å². The highest BCUT2D eigenvalue weighted by Gasteiger charge is 2.68. The Hall–Kier alpha value is -0.900. The maximum Gasteiger partial charge on any atom is 0.236 e. The fourth-order valence-corrected chi connectivity index (χ4v) is 6.12. The zero-order chi connectivity index (χ0) is 17.7. The van der Waals surface area contributed by atoms with E-state index in [1.165, 1.54) is 25.7 Å². The van der Waals surface area contributed by atoms with Gasteiger partial charge in [-0.3, -0.25) is 9.59 Å². The Balaban J connectivity index is 1.34. The van der Waals surface area contributed by atoms with Gasteiger partial charge in [-0.2, -0.15) is 0 Å². The van der Waals surface area contributed by atoms with E-state index in [9.17, 15) is 9.59 Å². The van der Waals surface area contributed by atoms with Gasteiger partial charge in [0, 0.05) is 26.1 Å². The number of hydrogen-bond donors (Lipinski definition) is 0. The van der Waals surface area contributed by atoms with Crippen LogP contribution in [0.4, 0.5) is 0 Å². The van der Waals surface area contributed by atoms with Crippen molar-refractivity contribution >= 4 is 11.7 Å². The summed E-state index contributed by atoms with van der Waals surface area (Å²) in [5.74, 6) is 1.48. The number of piperidine rings is 1. The molecular formula is C21H33NO3. The minimum Gasteiger partial charge on any atom is -0.378 e. The number of nitrogens with zero attached hydrogens (tertiary/aromatic N) is 1. The van der Waals surface area contributed by atoms with Gasteiger partial charge in [-0.1, -0.05) is 26.7 Å². The summed E-state index contributed by atoms with van der Waals surface area (Å²) in [5, 5.41) is 0. The fraction of sp³-hybridized carbons (Fsp3) is 0.905. The van der Waals surface area contributed by atoms with Crippen molar-refractivity contribution in [2.75, 3.05) is 19.7 Å². The standard InChI is InChI=1S/C21H33NO3/c1-20(2)16-7-10-21(20,18(23)13-16)19(24)22-11-8-17(9-12-22)25-14-15-5-3-4-6-15/h15-17H,3-14H2,1-2H3. The van der Waals surface area contributed by atoms with Crippen LogP contribution in [0.15, 0.2) is 0 Å². The molecule has 3 aliphatic carbocycles. The highest BCUT2D eigenvalue weighted by Crippen LogP contribution is 2.64. The third-order valence-corrected chi connectivity index (χ3v) is 8.03. The average molecular weight is 347 g/mol. The van der Waals surface area contributed by atoms with Crippen LogP contribution in [0.25, 0.3) is 0 Å². The third kappa shape index (κ3) is 2.67. The fourth-order valence-electron chi connectivity index (χ4n) is 6.12. The van der Waals surface area contributed by atoms with E-state index in [0.717, 1.165) is 51.3 Å². The van der Waals surface area contributed by atoms with E-state index in [-0.39, 0.29) is 17.1 Å². The number of hydrogen-bond acceptors (Lipinski definition) is 3. The summed E-state index contributed by atoms with van der Waals surface area (Å²) in [6.07, 6.45) is 9.90. The van der Waals surface area contributed by atoms with Gasteiger partial charge in [0.25, 0.3) is 0 Å². The van der Waals surface area contributed by atoms with E-state index >= 15 is 0 Å². The molecule has 0 aromatic carbocycles. The Morgan fingerprint density at radius 1 is 1.12 bits per heavy atom. The Morgan fingerprint density at radius 2 is 1.80 bits per heavy atom. The van der Waals surface area contributed by atoms with Crippen LogP contribution in [0.1, 0.15) is 71.6 Å². The topological polar surface area (TPSA) is 46.6 Å². The quantitative estimate of drug-likeness (QED) is 0.730. The van der Waals surface area contributed by atoms with Crippen LogP contribution in [-0.2, 0) is 14.3 Å². The van der Waals surface area contributed by atoms with Crippen molar-refractivity contribution < 1.29 is 14.3 Å². The molecule has 4 nitrogen and oxygen atoms in total. The first-order valence-corrected chi connectivity index (χ1v) is 10.4. The number of likely N-dealkylation sites (tertiary alicyclic amines) is 1. The molecule has 140 valence electrons. The number of amides is 1. The van der Waals surface area contributed by atoms with Crippen LogP contribution in [0.5, 0.6) is 0 Å². The van der Waals surface area contributed by atoms with Gasteiger partial charge in [0.2, 0.25) is 5.91 Å². The molecule has 2 atom stereocenters. The van der Waals surface area contributed by atoms with Gasteiger partial charge in [0.05, 0.1) is 6.10 Å². The second kappa shape index (κ2) is 6.37. The van der Waals surface area contributed by atoms with Crippen molar-refractivity contribution in [3.05, 3.63) is 0 Å². The molecule has 0 aromatic heterocycles. The average Bonchev–Trinajstić information content (AvgIpc) is 3.25. The minimum atomic E-state index is -0.727. The van der Waals surface area contributed by atoms with Crippen molar-refractivity contribution in [1.82, 2.24) is 4.90 Å². The first kappa shape index (κ1) is 17.5. The Morgan fingerprint density at radius 3 is 2.36 bits per heavy atom. The molecule has 2 bridgehead atoms. The number of rotatable bonds is 4. The number of ether oxygens (including phenoxy) is 1. The lowest BCUT2D eigenvalue weighted by atomic mass is 9.67. The van der Waals surface area contributed by atoms with Crippen molar-refractivity contribution in [1.29, 1.82) is 0 Å². The van der Waals surface area contributed by atoms with Crippen LogP contribution in [-0.4, -0.2) is 42.4 Å². The summed E-state index contributed by atoms with van der Waals surface area (Å²) in [4.78, 5) is 28.0. The number of Topliss-reactive ketones (excluding diaryl/α,β-unsaturated/α-hetero) is 1. The smallest absolute Gasteiger partial charge is 0.236 e. The molecule has 25 heavy (non-hydrogen) atoms. The summed E-state index contributed by atoms with van der Waals surface area (Å²) in [6.45, 7) is 6.69. The predicted octanol–water partition coefficient (Wildman–Crippen LogP) is 3.58. The first-order valence-electron chi connectivity index (χ1n) is 10.4. The van der Waals surface area contributed by atoms with Crippen LogP contribution in [0.2, 0.25) is 0 Å². The van der Waals surface area contributed by atoms with Crippen molar-refractivity contribution in [2.24, 2.45) is 22.7 Å². The highest BCUT2D eigenvalue weighted by atomic mass is 16.5. The van der Waals surface area contributed by atoms with Gasteiger partial charge in [0.1, 0.15) is 11.2 Å². The van der Waals surface area contributed by atoms with Crippen LogP contribution in [0, 0.1) is 22.7 Å². The van der Waals surface area contributed by atoms with Crippen molar-refractivity contribution in [2.45, 2.75) is 77.7 Å². The molecule has 4 heteroatoms. The van der Waals surface area contributed by atoms with Crippen molar-refractivity contribution in [3.63, 3.8) is 0 Å². The lowest BCUT2D eigenvalue weighted by Gasteiger charge is -2.41. The lowest BCUT2D eigenvalue weighted by Crippen LogP contribution is -2.54. The Labute approximate surface area is 151 Å². The minimum absolute atomic E-state index is 0.122. The Bertz CT molecular complexity index is 543. The van der Waals surface area contributed by atoms with Gasteiger partial charge in [-0.15, -0.1) is 0 Å². The molecule has 0 N–H and O–H groups in total. The zero-order valence-corrected chi connectivity index (χ0v) is 15.9. The summed E-state index contributed by atoms with van der Waals surface area (Å²) in [5.41, 5.74) is -0.897. The van der Waals surface area contributed by atoms with E-state index in [1.54, 1.807) is 0 Å². The van der Waals surface area contributed by atoms with Gasteiger partial charge >= 0.3 is 0 Å². The molecule has 0 spiro atoms. The molecule has 4 rings (SSSR count). The zero-order valence-electron chi connectivity index (χ0n) is 15.9. The van der Waals surface area contributed by atoms with E-state index in [2.05, 4.69) is 13.8 Å². The molecule has 1 amide bonds. The first-order chi connectivity index (χ1) is 11.9. The van der Waals surface area contributed by atoms with E-state index in [1.807, 2.05) is 4.90 Å². The van der Waals surface area contributed by atoms with E-state index < -0.39 is 5.41 Å². The molecule has 4 fully saturated rings. The summed E-state index contributed by atoms with van der Waals surface area (Å²) in [7, 11) is 0. The van der Waals surface area contributed by atoms with E-state index in [4.69, 9.17) is 4.74 Å². The molecule has 1 saturated heterocycles. The number of fused-ring (bicyclic) bond motifs is 2. The SMILES string of the molecule is CC1(C)C2CCC1(C(=O)N1CCC(OCC3CCCC3)CC1)C(=O)C2. The molecule has 3 saturated carbocycles. The second-order valence-electron chi connectivity index (χ2n) is 9.47. The molecule has 0 aromatic rings. The lowest BCUT2D eigenvalue weighted by molar-refractivity contribution is -0.155.